The van der Waals surface area contributed by atoms with Gasteiger partial charge in [0, 0.05) is 7.05 Å². The lowest BCUT2D eigenvalue weighted by molar-refractivity contribution is -0.292. The highest BCUT2D eigenvalue weighted by Crippen LogP contribution is 2.42. The summed E-state index contributed by atoms with van der Waals surface area (Å²) >= 11 is 5.16. The molecule has 1 heterocycles. The quantitative estimate of drug-likeness (QED) is 0.523. The van der Waals surface area contributed by atoms with E-state index in [0.717, 1.165) is 7.05 Å². The molecule has 0 aliphatic rings. The summed E-state index contributed by atoms with van der Waals surface area (Å²) in [5.74, 6) is -6.45. The molecule has 0 unspecified atom stereocenters. The van der Waals surface area contributed by atoms with E-state index in [1.807, 2.05) is 0 Å². The van der Waals surface area contributed by atoms with Crippen LogP contribution in [0.25, 0.3) is 0 Å². The van der Waals surface area contributed by atoms with Gasteiger partial charge in [0.25, 0.3) is 0 Å². The highest BCUT2D eigenvalue weighted by atomic mass is 35.5. The molecule has 0 aliphatic heterocycles. The lowest BCUT2D eigenvalue weighted by atomic mass is 10.3. The van der Waals surface area contributed by atoms with Crippen molar-refractivity contribution in [2.75, 3.05) is 6.61 Å². The van der Waals surface area contributed by atoms with Crippen molar-refractivity contribution in [3.63, 3.8) is 0 Å². The third-order valence-electron chi connectivity index (χ3n) is 2.96. The fourth-order valence-corrected chi connectivity index (χ4v) is 1.75. The van der Waals surface area contributed by atoms with Crippen LogP contribution < -0.4 is 9.47 Å². The van der Waals surface area contributed by atoms with Crippen LogP contribution in [0.4, 0.5) is 22.0 Å². The average Bonchev–Trinajstić information content (AvgIpc) is 2.89. The van der Waals surface area contributed by atoms with E-state index in [-0.39, 0.29) is 18.8 Å². The highest BCUT2D eigenvalue weighted by Gasteiger charge is 2.62. The standard InChI is InChI=1S/C14H11ClF5N3O3/c1-23-12(21-11(22-23)13(16,17)14(18,19)20)26-9-4-2-8(3-5-9)25-7-6-10(15)24/h2-5H,6-7H2,1H3. The molecule has 0 saturated carbocycles. The van der Waals surface area contributed by atoms with Crippen LogP contribution in [0.1, 0.15) is 12.2 Å². The Morgan fingerprint density at radius 1 is 1.15 bits per heavy atom. The molecule has 0 N–H and O–H groups in total. The zero-order valence-electron chi connectivity index (χ0n) is 13.1. The second kappa shape index (κ2) is 7.44. The number of carbonyl (C=O) groups excluding carboxylic acids is 1. The minimum absolute atomic E-state index is 0.00887. The Labute approximate surface area is 148 Å². The summed E-state index contributed by atoms with van der Waals surface area (Å²) in [5, 5.41) is 2.50. The van der Waals surface area contributed by atoms with Crippen LogP contribution in [0.5, 0.6) is 17.5 Å². The smallest absolute Gasteiger partial charge is 0.461 e. The molecular formula is C14H11ClF5N3O3. The Morgan fingerprint density at radius 2 is 1.73 bits per heavy atom. The molecule has 2 rings (SSSR count). The molecule has 0 aliphatic carbocycles. The summed E-state index contributed by atoms with van der Waals surface area (Å²) < 4.78 is 74.6. The van der Waals surface area contributed by atoms with Crippen molar-refractivity contribution in [3.8, 4) is 17.5 Å². The number of aryl methyl sites for hydroxylation is 1. The number of benzene rings is 1. The van der Waals surface area contributed by atoms with E-state index < -0.39 is 29.2 Å². The topological polar surface area (TPSA) is 66.2 Å². The van der Waals surface area contributed by atoms with Gasteiger partial charge in [-0.1, -0.05) is 0 Å². The number of rotatable bonds is 7. The lowest BCUT2D eigenvalue weighted by Gasteiger charge is -2.15. The third kappa shape index (κ3) is 4.59. The molecule has 6 nitrogen and oxygen atoms in total. The van der Waals surface area contributed by atoms with E-state index in [2.05, 4.69) is 10.1 Å². The number of hydrogen-bond donors (Lipinski definition) is 0. The zero-order chi connectivity index (χ0) is 19.5. The summed E-state index contributed by atoms with van der Waals surface area (Å²) in [6, 6.07) is 5.07. The highest BCUT2D eigenvalue weighted by molar-refractivity contribution is 6.63. The normalized spacial score (nSPS) is 12.1. The summed E-state index contributed by atoms with van der Waals surface area (Å²) in [4.78, 5) is 13.7. The van der Waals surface area contributed by atoms with Gasteiger partial charge in [-0.2, -0.15) is 26.9 Å². The predicted octanol–water partition coefficient (Wildman–Crippen LogP) is 3.80. The fraction of sp³-hybridized carbons (Fsp3) is 0.357. The number of nitrogens with zero attached hydrogens (tertiary/aromatic N) is 3. The van der Waals surface area contributed by atoms with E-state index in [0.29, 0.717) is 10.4 Å². The van der Waals surface area contributed by atoms with Crippen LogP contribution in [-0.2, 0) is 17.8 Å². The van der Waals surface area contributed by atoms with E-state index in [1.54, 1.807) is 0 Å². The van der Waals surface area contributed by atoms with Gasteiger partial charge in [-0.3, -0.25) is 4.79 Å². The van der Waals surface area contributed by atoms with E-state index in [1.165, 1.54) is 24.3 Å². The molecule has 142 valence electrons. The van der Waals surface area contributed by atoms with E-state index in [9.17, 15) is 26.7 Å². The first-order chi connectivity index (χ1) is 12.0. The van der Waals surface area contributed by atoms with Crippen LogP contribution in [0.3, 0.4) is 0 Å². The predicted molar refractivity (Wildman–Crippen MR) is 78.4 cm³/mol. The van der Waals surface area contributed by atoms with Gasteiger partial charge in [-0.05, 0) is 35.9 Å². The minimum Gasteiger partial charge on any atom is -0.493 e. The zero-order valence-corrected chi connectivity index (χ0v) is 13.8. The second-order valence-electron chi connectivity index (χ2n) is 4.94. The molecule has 0 atom stereocenters. The maximum absolute atomic E-state index is 13.3. The van der Waals surface area contributed by atoms with E-state index >= 15 is 0 Å². The van der Waals surface area contributed by atoms with Crippen molar-refractivity contribution in [2.45, 2.75) is 18.5 Å². The molecule has 0 bridgehead atoms. The largest absolute Gasteiger partial charge is 0.493 e. The third-order valence-corrected chi connectivity index (χ3v) is 3.15. The molecule has 12 heteroatoms. The van der Waals surface area contributed by atoms with Crippen molar-refractivity contribution < 1.29 is 36.2 Å². The number of hydrogen-bond acceptors (Lipinski definition) is 5. The number of alkyl halides is 5. The molecule has 0 saturated heterocycles. The molecule has 0 radical (unpaired) electrons. The van der Waals surface area contributed by atoms with Crippen molar-refractivity contribution >= 4 is 16.8 Å². The minimum atomic E-state index is -5.82. The first kappa shape index (κ1) is 19.9. The Balaban J connectivity index is 2.08. The number of aromatic nitrogens is 3. The molecule has 0 fully saturated rings. The number of ether oxygens (including phenoxy) is 2. The van der Waals surface area contributed by atoms with Crippen molar-refractivity contribution in [2.24, 2.45) is 7.05 Å². The lowest BCUT2D eigenvalue weighted by Crippen LogP contribution is -2.34. The molecule has 26 heavy (non-hydrogen) atoms. The van der Waals surface area contributed by atoms with Gasteiger partial charge in [0.15, 0.2) is 0 Å². The van der Waals surface area contributed by atoms with Gasteiger partial charge in [-0.15, -0.1) is 5.10 Å². The fourth-order valence-electron chi connectivity index (χ4n) is 1.68. The first-order valence-corrected chi connectivity index (χ1v) is 7.33. The maximum atomic E-state index is 13.3. The summed E-state index contributed by atoms with van der Waals surface area (Å²) in [6.45, 7) is 0.0573. The van der Waals surface area contributed by atoms with Gasteiger partial charge in [0.1, 0.15) is 11.5 Å². The van der Waals surface area contributed by atoms with Crippen LogP contribution >= 0.6 is 11.6 Å². The summed E-state index contributed by atoms with van der Waals surface area (Å²) in [7, 11) is 1.11. The second-order valence-corrected chi connectivity index (χ2v) is 5.36. The summed E-state index contributed by atoms with van der Waals surface area (Å²) in [6.07, 6.45) is -5.82. The van der Waals surface area contributed by atoms with Crippen LogP contribution in [0.2, 0.25) is 0 Å². The molecule has 1 aromatic carbocycles. The monoisotopic (exact) mass is 399 g/mol. The van der Waals surface area contributed by atoms with E-state index in [4.69, 9.17) is 21.1 Å². The Bertz CT molecular complexity index is 777. The SMILES string of the molecule is Cn1nc(C(F)(F)C(F)(F)F)nc1Oc1ccc(OCCC(=O)Cl)cc1. The van der Waals surface area contributed by atoms with Crippen molar-refractivity contribution in [1.82, 2.24) is 14.8 Å². The first-order valence-electron chi connectivity index (χ1n) is 6.96. The summed E-state index contributed by atoms with van der Waals surface area (Å²) in [5.41, 5.74) is 0. The van der Waals surface area contributed by atoms with Crippen LogP contribution in [-0.4, -0.2) is 32.8 Å². The Hall–Kier alpha value is -2.43. The molecule has 0 spiro atoms. The number of carbonyl (C=O) groups is 1. The van der Waals surface area contributed by atoms with Gasteiger partial charge < -0.3 is 9.47 Å². The van der Waals surface area contributed by atoms with Crippen LogP contribution in [0, 0.1) is 0 Å². The number of halogens is 6. The molecular weight excluding hydrogens is 389 g/mol. The Morgan fingerprint density at radius 3 is 2.27 bits per heavy atom. The maximum Gasteiger partial charge on any atom is 0.461 e. The van der Waals surface area contributed by atoms with Gasteiger partial charge in [-0.25, -0.2) is 4.68 Å². The van der Waals surface area contributed by atoms with Crippen LogP contribution in [0.15, 0.2) is 24.3 Å². The van der Waals surface area contributed by atoms with Crippen molar-refractivity contribution in [3.05, 3.63) is 30.1 Å². The average molecular weight is 400 g/mol. The Kier molecular flexibility index (Phi) is 5.69. The molecule has 2 aromatic rings. The van der Waals surface area contributed by atoms with Gasteiger partial charge >= 0.3 is 18.1 Å². The van der Waals surface area contributed by atoms with Crippen molar-refractivity contribution in [1.29, 1.82) is 0 Å². The molecule has 0 amide bonds. The van der Waals surface area contributed by atoms with Gasteiger partial charge in [0.2, 0.25) is 11.1 Å². The molecule has 1 aromatic heterocycles. The van der Waals surface area contributed by atoms with Gasteiger partial charge in [0.05, 0.1) is 13.0 Å².